The first-order valence-electron chi connectivity index (χ1n) is 4.33. The predicted octanol–water partition coefficient (Wildman–Crippen LogP) is -0.0292. The lowest BCUT2D eigenvalue weighted by molar-refractivity contribution is 0.186. The van der Waals surface area contributed by atoms with Gasteiger partial charge < -0.3 is 5.73 Å². The van der Waals surface area contributed by atoms with E-state index < -0.39 is 0 Å². The minimum absolute atomic E-state index is 0.322. The molecule has 0 unspecified atom stereocenters. The molecule has 1 aliphatic heterocycles. The van der Waals surface area contributed by atoms with E-state index in [9.17, 15) is 0 Å². The normalized spacial score (nSPS) is 18.6. The fourth-order valence-electron chi connectivity index (χ4n) is 1.29. The van der Waals surface area contributed by atoms with Gasteiger partial charge in [0.2, 0.25) is 5.96 Å². The van der Waals surface area contributed by atoms with Gasteiger partial charge in [-0.1, -0.05) is 13.8 Å². The molecule has 1 aliphatic rings. The van der Waals surface area contributed by atoms with E-state index in [1.54, 1.807) is 0 Å². The van der Waals surface area contributed by atoms with Crippen LogP contribution in [0.4, 0.5) is 0 Å². The van der Waals surface area contributed by atoms with Crippen LogP contribution in [0.3, 0.4) is 0 Å². The van der Waals surface area contributed by atoms with Crippen LogP contribution in [-0.4, -0.2) is 35.6 Å². The monoisotopic (exact) mass is 181 g/mol. The minimum atomic E-state index is 0.322. The summed E-state index contributed by atoms with van der Waals surface area (Å²) < 4.78 is 0. The Morgan fingerprint density at radius 1 is 1.69 bits per heavy atom. The van der Waals surface area contributed by atoms with Crippen molar-refractivity contribution in [3.05, 3.63) is 0 Å². The maximum absolute atomic E-state index is 8.70. The highest BCUT2D eigenvalue weighted by Gasteiger charge is 2.18. The molecule has 72 valence electrons. The van der Waals surface area contributed by atoms with Crippen molar-refractivity contribution in [1.82, 2.24) is 9.80 Å². The van der Waals surface area contributed by atoms with Crippen LogP contribution >= 0.6 is 0 Å². The number of hydrogen-bond acceptors (Lipinski definition) is 5. The Morgan fingerprint density at radius 2 is 2.38 bits per heavy atom. The number of rotatable bonds is 2. The summed E-state index contributed by atoms with van der Waals surface area (Å²) in [7, 11) is 0. The predicted molar refractivity (Wildman–Crippen MR) is 50.4 cm³/mol. The van der Waals surface area contributed by atoms with Crippen molar-refractivity contribution < 1.29 is 0 Å². The van der Waals surface area contributed by atoms with Gasteiger partial charge in [-0.25, -0.2) is 9.89 Å². The molecule has 0 aromatic rings. The fourth-order valence-corrected chi connectivity index (χ4v) is 1.29. The van der Waals surface area contributed by atoms with Crippen LogP contribution in [-0.2, 0) is 0 Å². The van der Waals surface area contributed by atoms with E-state index in [2.05, 4.69) is 23.7 Å². The molecule has 2 N–H and O–H groups in total. The van der Waals surface area contributed by atoms with E-state index in [4.69, 9.17) is 11.0 Å². The molecule has 0 fully saturated rings. The Balaban J connectivity index is 2.53. The molecule has 5 heteroatoms. The van der Waals surface area contributed by atoms with Gasteiger partial charge in [0.05, 0.1) is 13.3 Å². The molecule has 0 atom stereocenters. The van der Waals surface area contributed by atoms with Crippen molar-refractivity contribution in [1.29, 1.82) is 5.26 Å². The lowest BCUT2D eigenvalue weighted by Gasteiger charge is -2.30. The summed E-state index contributed by atoms with van der Waals surface area (Å²) in [5.41, 5.74) is 5.51. The van der Waals surface area contributed by atoms with Gasteiger partial charge in [0, 0.05) is 6.54 Å². The molecule has 0 bridgehead atoms. The Kier molecular flexibility index (Phi) is 3.09. The van der Waals surface area contributed by atoms with Crippen LogP contribution in [0.1, 0.15) is 13.8 Å². The quantitative estimate of drug-likeness (QED) is 0.607. The molecule has 1 heterocycles. The maximum atomic E-state index is 8.70. The van der Waals surface area contributed by atoms with Crippen molar-refractivity contribution in [3.8, 4) is 6.19 Å². The van der Waals surface area contributed by atoms with E-state index in [1.807, 2.05) is 6.19 Å². The topological polar surface area (TPSA) is 68.7 Å². The van der Waals surface area contributed by atoms with Crippen molar-refractivity contribution in [2.45, 2.75) is 13.8 Å². The molecule has 0 saturated heterocycles. The van der Waals surface area contributed by atoms with Crippen molar-refractivity contribution in [3.63, 3.8) is 0 Å². The zero-order valence-electron chi connectivity index (χ0n) is 8.06. The van der Waals surface area contributed by atoms with Gasteiger partial charge in [-0.15, -0.1) is 0 Å². The first kappa shape index (κ1) is 9.81. The lowest BCUT2D eigenvalue weighted by Crippen LogP contribution is -2.48. The van der Waals surface area contributed by atoms with Crippen LogP contribution in [0, 0.1) is 17.4 Å². The summed E-state index contributed by atoms with van der Waals surface area (Å²) in [4.78, 5) is 7.52. The number of nitrogens with zero attached hydrogens (tertiary/aromatic N) is 4. The van der Waals surface area contributed by atoms with Gasteiger partial charge in [0.1, 0.15) is 0 Å². The van der Waals surface area contributed by atoms with Crippen LogP contribution in [0.5, 0.6) is 0 Å². The highest BCUT2D eigenvalue weighted by atomic mass is 15.4. The number of hydrogen-bond donors (Lipinski definition) is 1. The standard InChI is InChI=1S/C8H15N5/c1-7(2)3-12-5-11-8(10)13(4-9)6-12/h7H,3,5-6H2,1-2H3,(H2,10,11). The molecule has 0 aromatic carbocycles. The molecule has 0 amide bonds. The summed E-state index contributed by atoms with van der Waals surface area (Å²) in [6.07, 6.45) is 1.99. The largest absolute Gasteiger partial charge is 0.369 e. The minimum Gasteiger partial charge on any atom is -0.369 e. The van der Waals surface area contributed by atoms with Crippen LogP contribution in [0.2, 0.25) is 0 Å². The molecular formula is C8H15N5. The molecule has 13 heavy (non-hydrogen) atoms. The smallest absolute Gasteiger partial charge is 0.207 e. The number of guanidine groups is 1. The third-order valence-corrected chi connectivity index (χ3v) is 1.79. The summed E-state index contributed by atoms with van der Waals surface area (Å²) >= 11 is 0. The fraction of sp³-hybridized carbons (Fsp3) is 0.750. The number of aliphatic imine (C=N–C) groups is 1. The molecule has 1 rings (SSSR count). The summed E-state index contributed by atoms with van der Waals surface area (Å²) in [6, 6.07) is 0. The Bertz CT molecular complexity index is 239. The van der Waals surface area contributed by atoms with Crippen molar-refractivity contribution in [2.75, 3.05) is 19.9 Å². The maximum Gasteiger partial charge on any atom is 0.207 e. The van der Waals surface area contributed by atoms with E-state index >= 15 is 0 Å². The molecule has 5 nitrogen and oxygen atoms in total. The highest BCUT2D eigenvalue weighted by molar-refractivity contribution is 5.79. The average Bonchev–Trinajstić information content (AvgIpc) is 2.07. The van der Waals surface area contributed by atoms with Crippen LogP contribution in [0.15, 0.2) is 4.99 Å². The van der Waals surface area contributed by atoms with E-state index in [0.29, 0.717) is 25.2 Å². The second-order valence-corrected chi connectivity index (χ2v) is 3.57. The Hall–Kier alpha value is -1.28. The lowest BCUT2D eigenvalue weighted by atomic mass is 10.2. The zero-order chi connectivity index (χ0) is 9.84. The van der Waals surface area contributed by atoms with Crippen molar-refractivity contribution in [2.24, 2.45) is 16.6 Å². The summed E-state index contributed by atoms with van der Waals surface area (Å²) in [5.74, 6) is 0.901. The van der Waals surface area contributed by atoms with Crippen molar-refractivity contribution >= 4 is 5.96 Å². The number of nitrogens with two attached hydrogens (primary N) is 1. The van der Waals surface area contributed by atoms with Gasteiger partial charge in [-0.3, -0.25) is 4.90 Å². The molecule has 0 aliphatic carbocycles. The SMILES string of the molecule is CC(C)CN1CN=C(N)N(C#N)C1. The van der Waals surface area contributed by atoms with E-state index in [1.165, 1.54) is 4.90 Å². The number of nitriles is 1. The highest BCUT2D eigenvalue weighted by Crippen LogP contribution is 2.04. The second-order valence-electron chi connectivity index (χ2n) is 3.57. The second kappa shape index (κ2) is 4.10. The zero-order valence-corrected chi connectivity index (χ0v) is 8.06. The Morgan fingerprint density at radius 3 is 2.92 bits per heavy atom. The Labute approximate surface area is 78.4 Å². The van der Waals surface area contributed by atoms with Gasteiger partial charge in [-0.2, -0.15) is 5.26 Å². The summed E-state index contributed by atoms with van der Waals surface area (Å²) in [6.45, 7) is 6.37. The van der Waals surface area contributed by atoms with Crippen LogP contribution in [0.25, 0.3) is 0 Å². The third kappa shape index (κ3) is 2.60. The van der Waals surface area contributed by atoms with Gasteiger partial charge in [-0.05, 0) is 5.92 Å². The molecule has 0 aromatic heterocycles. The first-order chi connectivity index (χ1) is 6.13. The van der Waals surface area contributed by atoms with Gasteiger partial charge in [0.15, 0.2) is 6.19 Å². The van der Waals surface area contributed by atoms with Gasteiger partial charge >= 0.3 is 0 Å². The van der Waals surface area contributed by atoms with E-state index in [0.717, 1.165) is 6.54 Å². The molecular weight excluding hydrogens is 166 g/mol. The van der Waals surface area contributed by atoms with Gasteiger partial charge in [0.25, 0.3) is 0 Å². The average molecular weight is 181 g/mol. The summed E-state index contributed by atoms with van der Waals surface area (Å²) in [5, 5.41) is 8.70. The third-order valence-electron chi connectivity index (χ3n) is 1.79. The molecule has 0 spiro atoms. The van der Waals surface area contributed by atoms with E-state index in [-0.39, 0.29) is 0 Å². The van der Waals surface area contributed by atoms with Crippen LogP contribution < -0.4 is 5.73 Å². The molecule has 0 saturated carbocycles. The first-order valence-corrected chi connectivity index (χ1v) is 4.33. The molecule has 0 radical (unpaired) electrons.